The topological polar surface area (TPSA) is 50.4 Å². The zero-order valence-electron chi connectivity index (χ0n) is 18.4. The fourth-order valence-corrected chi connectivity index (χ4v) is 4.12. The Morgan fingerprint density at radius 2 is 1.90 bits per heavy atom. The second-order valence-corrected chi connectivity index (χ2v) is 8.21. The highest BCUT2D eigenvalue weighted by Gasteiger charge is 2.25. The third-order valence-corrected chi connectivity index (χ3v) is 5.73. The number of nitrogens with one attached hydrogen (secondary N) is 1. The van der Waals surface area contributed by atoms with Crippen LogP contribution in [-0.2, 0) is 6.42 Å². The van der Waals surface area contributed by atoms with Crippen LogP contribution in [0.15, 0.2) is 66.2 Å². The van der Waals surface area contributed by atoms with Crippen molar-refractivity contribution < 1.29 is 9.47 Å². The van der Waals surface area contributed by atoms with Crippen LogP contribution in [0.2, 0.25) is 0 Å². The van der Waals surface area contributed by atoms with E-state index < -0.39 is 0 Å². The monoisotopic (exact) mass is 417 g/mol. The zero-order valence-corrected chi connectivity index (χ0v) is 18.4. The van der Waals surface area contributed by atoms with Gasteiger partial charge in [-0.15, -0.1) is 0 Å². The molecule has 31 heavy (non-hydrogen) atoms. The van der Waals surface area contributed by atoms with Gasteiger partial charge in [-0.3, -0.25) is 10.00 Å². The summed E-state index contributed by atoms with van der Waals surface area (Å²) in [6.07, 6.45) is 4.25. The molecule has 2 heterocycles. The average Bonchev–Trinajstić information content (AvgIpc) is 3.44. The van der Waals surface area contributed by atoms with Gasteiger partial charge in [-0.2, -0.15) is 5.10 Å². The molecule has 5 heteroatoms. The van der Waals surface area contributed by atoms with Crippen LogP contribution < -0.4 is 9.47 Å². The zero-order chi connectivity index (χ0) is 21.5. The van der Waals surface area contributed by atoms with E-state index in [1.165, 1.54) is 16.8 Å². The SMILES string of the molecule is COc1ccc(OCCc2cc(C3CCN(C/C(C)=C/c4ccccc4)C3)n[nH]2)cc1. The number of aromatic amines is 1. The molecule has 1 N–H and O–H groups in total. The fourth-order valence-electron chi connectivity index (χ4n) is 4.12. The van der Waals surface area contributed by atoms with Crippen molar-refractivity contribution in [2.45, 2.75) is 25.7 Å². The summed E-state index contributed by atoms with van der Waals surface area (Å²) in [4.78, 5) is 2.53. The number of likely N-dealkylation sites (tertiary alicyclic amines) is 1. The van der Waals surface area contributed by atoms with Crippen molar-refractivity contribution in [1.29, 1.82) is 0 Å². The molecule has 0 aliphatic carbocycles. The minimum atomic E-state index is 0.497. The first kappa shape index (κ1) is 21.2. The second-order valence-electron chi connectivity index (χ2n) is 8.21. The lowest BCUT2D eigenvalue weighted by Gasteiger charge is -2.16. The van der Waals surface area contributed by atoms with Gasteiger partial charge in [0.1, 0.15) is 11.5 Å². The quantitative estimate of drug-likeness (QED) is 0.536. The number of hydrogen-bond acceptors (Lipinski definition) is 4. The summed E-state index contributed by atoms with van der Waals surface area (Å²) in [5.41, 5.74) is 4.96. The molecule has 2 aromatic carbocycles. The highest BCUT2D eigenvalue weighted by molar-refractivity contribution is 5.52. The standard InChI is InChI=1S/C26H31N3O2/c1-20(16-21-6-4-3-5-7-21)18-29-14-12-22(19-29)26-17-23(27-28-26)13-15-31-25-10-8-24(30-2)9-11-25/h3-11,16-17,22H,12-15,18-19H2,1-2H3,(H,27,28)/b20-16+. The summed E-state index contributed by atoms with van der Waals surface area (Å²) in [5, 5.41) is 7.79. The Balaban J connectivity index is 1.24. The van der Waals surface area contributed by atoms with Crippen molar-refractivity contribution in [3.05, 3.63) is 83.2 Å². The number of aromatic nitrogens is 2. The number of benzene rings is 2. The van der Waals surface area contributed by atoms with Crippen molar-refractivity contribution in [1.82, 2.24) is 15.1 Å². The van der Waals surface area contributed by atoms with Gasteiger partial charge < -0.3 is 9.47 Å². The maximum atomic E-state index is 5.84. The molecule has 3 aromatic rings. The van der Waals surface area contributed by atoms with Gasteiger partial charge in [-0.1, -0.05) is 42.0 Å². The van der Waals surface area contributed by atoms with Crippen molar-refractivity contribution in [3.8, 4) is 11.5 Å². The molecule has 0 radical (unpaired) electrons. The van der Waals surface area contributed by atoms with E-state index in [0.717, 1.165) is 49.7 Å². The minimum absolute atomic E-state index is 0.497. The molecule has 0 spiro atoms. The van der Waals surface area contributed by atoms with Crippen molar-refractivity contribution in [2.24, 2.45) is 0 Å². The van der Waals surface area contributed by atoms with Crippen LogP contribution in [0.5, 0.6) is 11.5 Å². The van der Waals surface area contributed by atoms with Crippen LogP contribution in [0, 0.1) is 0 Å². The molecule has 1 fully saturated rings. The Morgan fingerprint density at radius 1 is 1.13 bits per heavy atom. The highest BCUT2D eigenvalue weighted by Crippen LogP contribution is 2.27. The van der Waals surface area contributed by atoms with Crippen LogP contribution in [0.3, 0.4) is 0 Å². The summed E-state index contributed by atoms with van der Waals surface area (Å²) in [5.74, 6) is 2.19. The lowest BCUT2D eigenvalue weighted by molar-refractivity contribution is 0.319. The molecular weight excluding hydrogens is 386 g/mol. The summed E-state index contributed by atoms with van der Waals surface area (Å²) in [6.45, 7) is 6.03. The second kappa shape index (κ2) is 10.3. The number of methoxy groups -OCH3 is 1. The fraction of sp³-hybridized carbons (Fsp3) is 0.346. The number of nitrogens with zero attached hydrogens (tertiary/aromatic N) is 2. The van der Waals surface area contributed by atoms with Gasteiger partial charge in [0, 0.05) is 31.1 Å². The molecule has 0 saturated carbocycles. The summed E-state index contributed by atoms with van der Waals surface area (Å²) >= 11 is 0. The van der Waals surface area contributed by atoms with Crippen molar-refractivity contribution in [2.75, 3.05) is 33.4 Å². The number of hydrogen-bond donors (Lipinski definition) is 1. The van der Waals surface area contributed by atoms with E-state index in [0.29, 0.717) is 12.5 Å². The van der Waals surface area contributed by atoms with Gasteiger partial charge in [0.2, 0.25) is 0 Å². The van der Waals surface area contributed by atoms with Crippen molar-refractivity contribution in [3.63, 3.8) is 0 Å². The van der Waals surface area contributed by atoms with E-state index in [-0.39, 0.29) is 0 Å². The lowest BCUT2D eigenvalue weighted by atomic mass is 10.0. The van der Waals surface area contributed by atoms with Crippen LogP contribution >= 0.6 is 0 Å². The van der Waals surface area contributed by atoms with Crippen LogP contribution in [0.25, 0.3) is 6.08 Å². The van der Waals surface area contributed by atoms with Crippen molar-refractivity contribution >= 4 is 6.08 Å². The summed E-state index contributed by atoms with van der Waals surface area (Å²) < 4.78 is 11.0. The van der Waals surface area contributed by atoms with Gasteiger partial charge in [-0.25, -0.2) is 0 Å². The van der Waals surface area contributed by atoms with Gasteiger partial charge >= 0.3 is 0 Å². The van der Waals surface area contributed by atoms with Crippen LogP contribution in [0.1, 0.15) is 36.2 Å². The smallest absolute Gasteiger partial charge is 0.119 e. The molecule has 1 aliphatic heterocycles. The largest absolute Gasteiger partial charge is 0.497 e. The molecule has 1 aromatic heterocycles. The molecule has 1 unspecified atom stereocenters. The Morgan fingerprint density at radius 3 is 2.68 bits per heavy atom. The molecule has 0 amide bonds. The normalized spacial score (nSPS) is 17.1. The molecule has 4 rings (SSSR count). The molecule has 1 saturated heterocycles. The Kier molecular flexibility index (Phi) is 7.05. The molecule has 162 valence electrons. The maximum Gasteiger partial charge on any atom is 0.119 e. The highest BCUT2D eigenvalue weighted by atomic mass is 16.5. The number of rotatable bonds is 9. The summed E-state index contributed by atoms with van der Waals surface area (Å²) in [6, 6.07) is 20.4. The van der Waals surface area contributed by atoms with Gasteiger partial charge in [0.25, 0.3) is 0 Å². The predicted octanol–water partition coefficient (Wildman–Crippen LogP) is 4.93. The molecule has 1 aliphatic rings. The molecular formula is C26H31N3O2. The Hall–Kier alpha value is -3.05. The van der Waals surface area contributed by atoms with E-state index in [1.807, 2.05) is 24.3 Å². The van der Waals surface area contributed by atoms with E-state index in [9.17, 15) is 0 Å². The minimum Gasteiger partial charge on any atom is -0.497 e. The number of ether oxygens (including phenoxy) is 2. The van der Waals surface area contributed by atoms with Gasteiger partial charge in [-0.05, 0) is 55.8 Å². The predicted molar refractivity (Wildman–Crippen MR) is 125 cm³/mol. The Labute approximate surface area is 184 Å². The van der Waals surface area contributed by atoms with Gasteiger partial charge in [0.05, 0.1) is 19.4 Å². The first-order chi connectivity index (χ1) is 15.2. The first-order valence-corrected chi connectivity index (χ1v) is 11.0. The third kappa shape index (κ3) is 5.98. The van der Waals surface area contributed by atoms with Gasteiger partial charge in [0.15, 0.2) is 0 Å². The average molecular weight is 418 g/mol. The maximum absolute atomic E-state index is 5.84. The molecule has 0 bridgehead atoms. The van der Waals surface area contributed by atoms with E-state index >= 15 is 0 Å². The van der Waals surface area contributed by atoms with E-state index in [1.54, 1.807) is 7.11 Å². The third-order valence-electron chi connectivity index (χ3n) is 5.73. The van der Waals surface area contributed by atoms with Crippen LogP contribution in [-0.4, -0.2) is 48.4 Å². The van der Waals surface area contributed by atoms with E-state index in [2.05, 4.69) is 64.5 Å². The van der Waals surface area contributed by atoms with Crippen LogP contribution in [0.4, 0.5) is 0 Å². The Bertz CT molecular complexity index is 979. The van der Waals surface area contributed by atoms with E-state index in [4.69, 9.17) is 9.47 Å². The molecule has 5 nitrogen and oxygen atoms in total. The summed E-state index contributed by atoms with van der Waals surface area (Å²) in [7, 11) is 1.66. The molecule has 1 atom stereocenters. The number of H-pyrrole nitrogens is 1. The first-order valence-electron chi connectivity index (χ1n) is 11.0. The lowest BCUT2D eigenvalue weighted by Crippen LogP contribution is -2.22.